The molecule has 1 aromatic carbocycles. The van der Waals surface area contributed by atoms with E-state index in [4.69, 9.17) is 4.74 Å². The molecule has 1 saturated heterocycles. The first kappa shape index (κ1) is 17.3. The van der Waals surface area contributed by atoms with Crippen molar-refractivity contribution >= 4 is 11.9 Å². The highest BCUT2D eigenvalue weighted by molar-refractivity contribution is 5.95. The maximum absolute atomic E-state index is 12.7. The van der Waals surface area contributed by atoms with E-state index in [-0.39, 0.29) is 18.5 Å². The summed E-state index contributed by atoms with van der Waals surface area (Å²) in [6.07, 6.45) is 1.34. The Hall–Kier alpha value is -2.04. The summed E-state index contributed by atoms with van der Waals surface area (Å²) in [5.41, 5.74) is 0.546. The van der Waals surface area contributed by atoms with Crippen LogP contribution in [-0.4, -0.2) is 41.1 Å². The average molecular weight is 319 g/mol. The van der Waals surface area contributed by atoms with Crippen LogP contribution < -0.4 is 4.74 Å². The number of carbonyl (C=O) groups excluding carboxylic acids is 1. The lowest BCUT2D eigenvalue weighted by Gasteiger charge is -2.36. The minimum Gasteiger partial charge on any atom is -0.493 e. The van der Waals surface area contributed by atoms with Gasteiger partial charge in [0.2, 0.25) is 0 Å². The van der Waals surface area contributed by atoms with E-state index in [9.17, 15) is 14.7 Å². The van der Waals surface area contributed by atoms with Gasteiger partial charge in [-0.3, -0.25) is 9.59 Å². The Bertz CT molecular complexity index is 570. The SMILES string of the molecule is CC(C)COc1cccc(C(=O)N2CC(C(=O)O)CCC2C)c1. The van der Waals surface area contributed by atoms with Gasteiger partial charge in [-0.25, -0.2) is 0 Å². The molecule has 0 aromatic heterocycles. The van der Waals surface area contributed by atoms with E-state index in [0.717, 1.165) is 0 Å². The van der Waals surface area contributed by atoms with E-state index < -0.39 is 11.9 Å². The molecule has 0 bridgehead atoms. The number of hydrogen-bond acceptors (Lipinski definition) is 3. The topological polar surface area (TPSA) is 66.8 Å². The lowest BCUT2D eigenvalue weighted by atomic mass is 9.93. The molecule has 1 aliphatic rings. The minimum absolute atomic E-state index is 0.0540. The Morgan fingerprint density at radius 2 is 2.09 bits per heavy atom. The van der Waals surface area contributed by atoms with Crippen molar-refractivity contribution < 1.29 is 19.4 Å². The minimum atomic E-state index is -0.830. The fourth-order valence-corrected chi connectivity index (χ4v) is 2.74. The molecule has 2 unspecified atom stereocenters. The lowest BCUT2D eigenvalue weighted by Crippen LogP contribution is -2.47. The van der Waals surface area contributed by atoms with Crippen LogP contribution >= 0.6 is 0 Å². The molecule has 0 aliphatic carbocycles. The summed E-state index contributed by atoms with van der Waals surface area (Å²) >= 11 is 0. The van der Waals surface area contributed by atoms with Crippen LogP contribution in [0.4, 0.5) is 0 Å². The summed E-state index contributed by atoms with van der Waals surface area (Å²) in [6.45, 7) is 6.97. The molecule has 5 nitrogen and oxygen atoms in total. The number of ether oxygens (including phenoxy) is 1. The Morgan fingerprint density at radius 1 is 1.35 bits per heavy atom. The van der Waals surface area contributed by atoms with Gasteiger partial charge in [0, 0.05) is 18.2 Å². The van der Waals surface area contributed by atoms with Crippen molar-refractivity contribution in [1.29, 1.82) is 0 Å². The molecule has 23 heavy (non-hydrogen) atoms. The summed E-state index contributed by atoms with van der Waals surface area (Å²) in [5, 5.41) is 9.20. The summed E-state index contributed by atoms with van der Waals surface area (Å²) in [7, 11) is 0. The smallest absolute Gasteiger partial charge is 0.308 e. The second-order valence-electron chi connectivity index (χ2n) is 6.65. The molecule has 1 aliphatic heterocycles. The molecule has 1 amide bonds. The number of likely N-dealkylation sites (tertiary alicyclic amines) is 1. The average Bonchev–Trinajstić information content (AvgIpc) is 2.52. The van der Waals surface area contributed by atoms with Gasteiger partial charge in [0.05, 0.1) is 12.5 Å². The number of amides is 1. The van der Waals surface area contributed by atoms with Crippen LogP contribution in [0.3, 0.4) is 0 Å². The number of rotatable bonds is 5. The van der Waals surface area contributed by atoms with Crippen molar-refractivity contribution in [1.82, 2.24) is 4.90 Å². The Balaban J connectivity index is 2.12. The van der Waals surface area contributed by atoms with Gasteiger partial charge in [-0.2, -0.15) is 0 Å². The van der Waals surface area contributed by atoms with E-state index in [2.05, 4.69) is 13.8 Å². The van der Waals surface area contributed by atoms with Crippen molar-refractivity contribution in [3.8, 4) is 5.75 Å². The maximum atomic E-state index is 12.7. The van der Waals surface area contributed by atoms with Crippen LogP contribution in [0.5, 0.6) is 5.75 Å². The van der Waals surface area contributed by atoms with E-state index in [1.807, 2.05) is 13.0 Å². The molecule has 0 saturated carbocycles. The van der Waals surface area contributed by atoms with Crippen LogP contribution in [0.1, 0.15) is 44.0 Å². The normalized spacial score (nSPS) is 21.3. The zero-order chi connectivity index (χ0) is 17.0. The maximum Gasteiger partial charge on any atom is 0.308 e. The van der Waals surface area contributed by atoms with Crippen molar-refractivity contribution in [2.45, 2.75) is 39.7 Å². The lowest BCUT2D eigenvalue weighted by molar-refractivity contribution is -0.143. The van der Waals surface area contributed by atoms with Crippen molar-refractivity contribution in [3.05, 3.63) is 29.8 Å². The van der Waals surface area contributed by atoms with Gasteiger partial charge in [-0.1, -0.05) is 19.9 Å². The van der Waals surface area contributed by atoms with Gasteiger partial charge >= 0.3 is 5.97 Å². The Morgan fingerprint density at radius 3 is 2.74 bits per heavy atom. The molecule has 1 N–H and O–H groups in total. The first-order valence-electron chi connectivity index (χ1n) is 8.15. The standard InChI is InChI=1S/C18H25NO4/c1-12(2)11-23-16-6-4-5-14(9-16)17(20)19-10-15(18(21)22)8-7-13(19)3/h4-6,9,12-13,15H,7-8,10-11H2,1-3H3,(H,21,22). The van der Waals surface area contributed by atoms with Crippen LogP contribution in [0.15, 0.2) is 24.3 Å². The largest absolute Gasteiger partial charge is 0.493 e. The number of carboxylic acids is 1. The summed E-state index contributed by atoms with van der Waals surface area (Å²) < 4.78 is 5.67. The van der Waals surface area contributed by atoms with Crippen LogP contribution in [0, 0.1) is 11.8 Å². The number of nitrogens with zero attached hydrogens (tertiary/aromatic N) is 1. The van der Waals surface area contributed by atoms with Crippen LogP contribution in [0.2, 0.25) is 0 Å². The number of carboxylic acid groups (broad SMARTS) is 1. The zero-order valence-corrected chi connectivity index (χ0v) is 14.0. The second kappa shape index (κ2) is 7.49. The monoisotopic (exact) mass is 319 g/mol. The number of benzene rings is 1. The van der Waals surface area contributed by atoms with Gasteiger partial charge in [0.1, 0.15) is 5.75 Å². The fraction of sp³-hybridized carbons (Fsp3) is 0.556. The van der Waals surface area contributed by atoms with Crippen molar-refractivity contribution in [2.75, 3.05) is 13.2 Å². The van der Waals surface area contributed by atoms with Gasteiger partial charge < -0.3 is 14.7 Å². The van der Waals surface area contributed by atoms with Crippen LogP contribution in [0.25, 0.3) is 0 Å². The van der Waals surface area contributed by atoms with Gasteiger partial charge in [0.15, 0.2) is 0 Å². The molecule has 1 heterocycles. The molecule has 2 rings (SSSR count). The summed E-state index contributed by atoms with van der Waals surface area (Å²) in [4.78, 5) is 25.6. The highest BCUT2D eigenvalue weighted by atomic mass is 16.5. The predicted molar refractivity (Wildman–Crippen MR) is 87.6 cm³/mol. The van der Waals surface area contributed by atoms with Gasteiger partial charge in [-0.05, 0) is 43.9 Å². The molecule has 126 valence electrons. The highest BCUT2D eigenvalue weighted by Gasteiger charge is 2.33. The van der Waals surface area contributed by atoms with E-state index in [1.165, 1.54) is 0 Å². The quantitative estimate of drug-likeness (QED) is 0.906. The van der Waals surface area contributed by atoms with E-state index >= 15 is 0 Å². The molecular weight excluding hydrogens is 294 g/mol. The Labute approximate surface area is 137 Å². The molecule has 5 heteroatoms. The van der Waals surface area contributed by atoms with E-state index in [0.29, 0.717) is 36.7 Å². The second-order valence-corrected chi connectivity index (χ2v) is 6.65. The molecule has 0 radical (unpaired) electrons. The number of piperidine rings is 1. The molecular formula is C18H25NO4. The first-order chi connectivity index (χ1) is 10.9. The summed E-state index contributed by atoms with van der Waals surface area (Å²) in [5.74, 6) is -0.352. The third-order valence-electron chi connectivity index (χ3n) is 4.16. The number of hydrogen-bond donors (Lipinski definition) is 1. The van der Waals surface area contributed by atoms with Crippen LogP contribution in [-0.2, 0) is 4.79 Å². The molecule has 1 aromatic rings. The van der Waals surface area contributed by atoms with Crippen molar-refractivity contribution in [3.63, 3.8) is 0 Å². The Kier molecular flexibility index (Phi) is 5.64. The zero-order valence-electron chi connectivity index (χ0n) is 14.0. The predicted octanol–water partition coefficient (Wildman–Crippen LogP) is 3.05. The first-order valence-corrected chi connectivity index (χ1v) is 8.15. The number of carbonyl (C=O) groups is 2. The molecule has 0 spiro atoms. The highest BCUT2D eigenvalue weighted by Crippen LogP contribution is 2.25. The molecule has 2 atom stereocenters. The molecule has 1 fully saturated rings. The van der Waals surface area contributed by atoms with Crippen molar-refractivity contribution in [2.24, 2.45) is 11.8 Å². The van der Waals surface area contributed by atoms with Gasteiger partial charge in [0.25, 0.3) is 5.91 Å². The third-order valence-corrected chi connectivity index (χ3v) is 4.16. The summed E-state index contributed by atoms with van der Waals surface area (Å²) in [6, 6.07) is 7.17. The van der Waals surface area contributed by atoms with Gasteiger partial charge in [-0.15, -0.1) is 0 Å². The fourth-order valence-electron chi connectivity index (χ4n) is 2.74. The van der Waals surface area contributed by atoms with E-state index in [1.54, 1.807) is 23.1 Å². The number of aliphatic carboxylic acids is 1. The third kappa shape index (κ3) is 4.47.